The van der Waals surface area contributed by atoms with Gasteiger partial charge in [-0.2, -0.15) is 4.98 Å². The maximum atomic E-state index is 14.4. The van der Waals surface area contributed by atoms with Crippen molar-refractivity contribution in [3.63, 3.8) is 0 Å². The number of para-hydroxylation sites is 1. The first-order chi connectivity index (χ1) is 25.2. The van der Waals surface area contributed by atoms with Gasteiger partial charge < -0.3 is 0 Å². The van der Waals surface area contributed by atoms with Crippen LogP contribution < -0.4 is 5.56 Å². The van der Waals surface area contributed by atoms with Crippen LogP contribution in [0.3, 0.4) is 0 Å². The van der Waals surface area contributed by atoms with Gasteiger partial charge in [0.15, 0.2) is 5.65 Å². The van der Waals surface area contributed by atoms with Crippen LogP contribution in [0.1, 0.15) is 0 Å². The fourth-order valence-electron chi connectivity index (χ4n) is 7.96. The maximum absolute atomic E-state index is 14.4. The van der Waals surface area contributed by atoms with Crippen molar-refractivity contribution in [3.8, 4) is 22.8 Å². The van der Waals surface area contributed by atoms with Crippen LogP contribution in [0.15, 0.2) is 163 Å². The van der Waals surface area contributed by atoms with Gasteiger partial charge >= 0.3 is 0 Å². The molecule has 5 nitrogen and oxygen atoms in total. The molecule has 11 aromatic rings. The Hall–Kier alpha value is -6.63. The SMILES string of the molecule is O=c1c2ccccc2c2cnc(-n3c4ccccc4c4c5ccccc5c5c6ccccc6sc5c43)nc2n1-c1ccc(-c2ccccc2)cc1. The smallest absolute Gasteiger partial charge is 0.264 e. The van der Waals surface area contributed by atoms with Crippen molar-refractivity contribution in [3.05, 3.63) is 168 Å². The van der Waals surface area contributed by atoms with Gasteiger partial charge in [0.25, 0.3) is 5.56 Å². The molecule has 0 unspecified atom stereocenters. The molecule has 11 rings (SSSR count). The van der Waals surface area contributed by atoms with Crippen LogP contribution in [0.5, 0.6) is 0 Å². The van der Waals surface area contributed by atoms with Gasteiger partial charge in [-0.1, -0.05) is 121 Å². The average Bonchev–Trinajstić information content (AvgIpc) is 3.76. The minimum atomic E-state index is -0.115. The molecule has 0 saturated heterocycles. The number of rotatable bonds is 3. The predicted molar refractivity (Wildman–Crippen MR) is 213 cm³/mol. The van der Waals surface area contributed by atoms with E-state index in [1.165, 1.54) is 36.3 Å². The number of aromatic nitrogens is 4. The lowest BCUT2D eigenvalue weighted by Gasteiger charge is -2.15. The first-order valence-electron chi connectivity index (χ1n) is 17.0. The molecule has 0 spiro atoms. The molecule has 4 aromatic heterocycles. The fraction of sp³-hybridized carbons (Fsp3) is 0. The molecule has 0 aliphatic carbocycles. The molecule has 0 saturated carbocycles. The van der Waals surface area contributed by atoms with Gasteiger partial charge in [0.2, 0.25) is 5.95 Å². The predicted octanol–water partition coefficient (Wildman–Crippen LogP) is 11.2. The summed E-state index contributed by atoms with van der Waals surface area (Å²) < 4.78 is 6.38. The third kappa shape index (κ3) is 3.99. The van der Waals surface area contributed by atoms with Gasteiger partial charge in [-0.25, -0.2) is 4.98 Å². The van der Waals surface area contributed by atoms with E-state index < -0.39 is 0 Å². The number of hydrogen-bond donors (Lipinski definition) is 0. The van der Waals surface area contributed by atoms with Crippen molar-refractivity contribution in [2.24, 2.45) is 0 Å². The van der Waals surface area contributed by atoms with E-state index >= 15 is 0 Å². The van der Waals surface area contributed by atoms with E-state index in [1.807, 2.05) is 60.8 Å². The van der Waals surface area contributed by atoms with Gasteiger partial charge in [-0.3, -0.25) is 13.9 Å². The molecule has 7 aromatic carbocycles. The summed E-state index contributed by atoms with van der Waals surface area (Å²) in [5.41, 5.74) is 5.50. The minimum Gasteiger partial charge on any atom is -0.276 e. The van der Waals surface area contributed by atoms with Crippen LogP contribution in [-0.2, 0) is 0 Å². The highest BCUT2D eigenvalue weighted by molar-refractivity contribution is 7.27. The van der Waals surface area contributed by atoms with Gasteiger partial charge in [-0.05, 0) is 57.6 Å². The van der Waals surface area contributed by atoms with Crippen molar-refractivity contribution in [2.75, 3.05) is 0 Å². The van der Waals surface area contributed by atoms with E-state index in [0.717, 1.165) is 44.0 Å². The molecular weight excluding hydrogens is 645 g/mol. The second kappa shape index (κ2) is 10.7. The summed E-state index contributed by atoms with van der Waals surface area (Å²) in [7, 11) is 0. The molecule has 51 heavy (non-hydrogen) atoms. The molecule has 238 valence electrons. The Balaban J connectivity index is 1.27. The van der Waals surface area contributed by atoms with Crippen molar-refractivity contribution < 1.29 is 0 Å². The number of thiophene rings is 1. The van der Waals surface area contributed by atoms with Crippen LogP contribution in [0, 0.1) is 0 Å². The summed E-state index contributed by atoms with van der Waals surface area (Å²) >= 11 is 1.81. The molecule has 0 aliphatic heterocycles. The first kappa shape index (κ1) is 28.2. The van der Waals surface area contributed by atoms with E-state index in [1.54, 1.807) is 15.9 Å². The second-order valence-corrected chi connectivity index (χ2v) is 14.0. The quantitative estimate of drug-likeness (QED) is 0.176. The summed E-state index contributed by atoms with van der Waals surface area (Å²) in [6.45, 7) is 0. The lowest BCUT2D eigenvalue weighted by Crippen LogP contribution is -2.20. The molecule has 4 heterocycles. The van der Waals surface area contributed by atoms with Gasteiger partial charge in [0, 0.05) is 43.2 Å². The average molecular weight is 671 g/mol. The lowest BCUT2D eigenvalue weighted by molar-refractivity contribution is 0.966. The highest BCUT2D eigenvalue weighted by atomic mass is 32.1. The van der Waals surface area contributed by atoms with Crippen LogP contribution in [0.2, 0.25) is 0 Å². The van der Waals surface area contributed by atoms with Gasteiger partial charge in [0.1, 0.15) is 0 Å². The van der Waals surface area contributed by atoms with E-state index in [4.69, 9.17) is 9.97 Å². The van der Waals surface area contributed by atoms with E-state index in [2.05, 4.69) is 102 Å². The Bertz CT molecular complexity index is 3270. The third-order valence-electron chi connectivity index (χ3n) is 10.2. The summed E-state index contributed by atoms with van der Waals surface area (Å²) in [5, 5.41) is 9.51. The topological polar surface area (TPSA) is 52.7 Å². The number of pyridine rings is 1. The zero-order chi connectivity index (χ0) is 33.6. The highest BCUT2D eigenvalue weighted by Gasteiger charge is 2.23. The van der Waals surface area contributed by atoms with Gasteiger partial charge in [-0.15, -0.1) is 11.3 Å². The Morgan fingerprint density at radius 1 is 0.490 bits per heavy atom. The lowest BCUT2D eigenvalue weighted by atomic mass is 9.99. The monoisotopic (exact) mass is 670 g/mol. The van der Waals surface area contributed by atoms with E-state index in [-0.39, 0.29) is 5.56 Å². The molecular formula is C45H26N4OS. The van der Waals surface area contributed by atoms with E-state index in [9.17, 15) is 4.79 Å². The minimum absolute atomic E-state index is 0.115. The summed E-state index contributed by atoms with van der Waals surface area (Å²) in [6.07, 6.45) is 1.89. The number of fused-ring (bicyclic) bond motifs is 13. The number of benzene rings is 7. The molecule has 0 atom stereocenters. The van der Waals surface area contributed by atoms with Crippen LogP contribution in [0.25, 0.3) is 97.3 Å². The Labute approximate surface area is 294 Å². The zero-order valence-electron chi connectivity index (χ0n) is 27.1. The Morgan fingerprint density at radius 3 is 1.88 bits per heavy atom. The van der Waals surface area contributed by atoms with Crippen molar-refractivity contribution in [1.82, 2.24) is 19.1 Å². The molecule has 0 aliphatic rings. The van der Waals surface area contributed by atoms with Crippen LogP contribution >= 0.6 is 11.3 Å². The largest absolute Gasteiger partial charge is 0.276 e. The summed E-state index contributed by atoms with van der Waals surface area (Å²) in [4.78, 5) is 24.9. The molecule has 0 bridgehead atoms. The van der Waals surface area contributed by atoms with Crippen molar-refractivity contribution in [2.45, 2.75) is 0 Å². The Kier molecular flexibility index (Phi) is 5.91. The molecule has 0 amide bonds. The second-order valence-electron chi connectivity index (χ2n) is 12.9. The number of nitrogens with zero attached hydrogens (tertiary/aromatic N) is 4. The molecule has 0 fully saturated rings. The number of hydrogen-bond acceptors (Lipinski definition) is 4. The first-order valence-corrected chi connectivity index (χ1v) is 17.8. The fourth-order valence-corrected chi connectivity index (χ4v) is 9.22. The molecule has 6 heteroatoms. The Morgan fingerprint density at radius 2 is 1.10 bits per heavy atom. The van der Waals surface area contributed by atoms with Crippen molar-refractivity contribution in [1.29, 1.82) is 0 Å². The van der Waals surface area contributed by atoms with E-state index in [0.29, 0.717) is 17.0 Å². The summed E-state index contributed by atoms with van der Waals surface area (Å²) in [5.74, 6) is 0.520. The standard InChI is InChI=1S/C45H26N4OS/c50-44-33-17-7-4-14-30(33)36-26-46-45(47-43(36)48(44)29-24-22-28(23-25-29)27-12-2-1-3-13-27)49-37-20-10-8-18-34(37)39-31-15-5-6-16-32(31)40-35-19-9-11-21-38(35)51-42(40)41(39)49/h1-26H. The molecule has 0 N–H and O–H groups in total. The maximum Gasteiger partial charge on any atom is 0.264 e. The highest BCUT2D eigenvalue weighted by Crippen LogP contribution is 2.47. The molecule has 0 radical (unpaired) electrons. The third-order valence-corrected chi connectivity index (χ3v) is 11.4. The summed E-state index contributed by atoms with van der Waals surface area (Å²) in [6, 6.07) is 52.0. The normalized spacial score (nSPS) is 12.0. The van der Waals surface area contributed by atoms with Crippen molar-refractivity contribution >= 4 is 85.9 Å². The van der Waals surface area contributed by atoms with Gasteiger partial charge in [0.05, 0.1) is 21.4 Å². The van der Waals surface area contributed by atoms with Crippen LogP contribution in [0.4, 0.5) is 0 Å². The van der Waals surface area contributed by atoms with Crippen LogP contribution in [-0.4, -0.2) is 19.1 Å². The zero-order valence-corrected chi connectivity index (χ0v) is 27.9.